The van der Waals surface area contributed by atoms with Crippen molar-refractivity contribution in [2.75, 3.05) is 26.9 Å². The Kier molecular flexibility index (Phi) is 12.3. The Balaban J connectivity index is 0.00000506. The van der Waals surface area contributed by atoms with E-state index in [1.165, 1.54) is 22.3 Å². The minimum Gasteiger partial charge on any atom is -0.525 e. The van der Waals surface area contributed by atoms with Crippen LogP contribution in [-0.2, 0) is 30.6 Å². The van der Waals surface area contributed by atoms with Crippen molar-refractivity contribution in [3.05, 3.63) is 126 Å². The largest absolute Gasteiger partial charge is 1.00 e. The van der Waals surface area contributed by atoms with Gasteiger partial charge in [0.15, 0.2) is 0 Å². The third-order valence-electron chi connectivity index (χ3n) is 7.84. The third kappa shape index (κ3) is 8.85. The normalized spacial score (nSPS) is 12.2. The van der Waals surface area contributed by atoms with Crippen LogP contribution in [0.2, 0.25) is 0 Å². The monoisotopic (exact) mass is 759 g/mol. The second-order valence-electron chi connectivity index (χ2n) is 11.5. The SMILES string of the molecule is C[CH-]COc1ccc(C(C)(C)c2ccc(OCC(O)COc3ccc(C(C)(C)c4ccc(OC)cc4)cc3)cc2)cc1.[Os+]. The van der Waals surface area contributed by atoms with Crippen LogP contribution in [0.25, 0.3) is 0 Å². The molecule has 0 fully saturated rings. The van der Waals surface area contributed by atoms with Gasteiger partial charge < -0.3 is 24.1 Å². The van der Waals surface area contributed by atoms with E-state index in [1.807, 2.05) is 61.9 Å². The first-order valence-corrected chi connectivity index (χ1v) is 14.4. The first-order chi connectivity index (χ1) is 20.1. The van der Waals surface area contributed by atoms with E-state index >= 15 is 0 Å². The van der Waals surface area contributed by atoms with Crippen LogP contribution in [-0.4, -0.2) is 38.1 Å². The number of rotatable bonds is 14. The molecule has 1 radical (unpaired) electrons. The summed E-state index contributed by atoms with van der Waals surface area (Å²) in [6.45, 7) is 11.6. The summed E-state index contributed by atoms with van der Waals surface area (Å²) in [5, 5.41) is 10.5. The molecule has 4 aromatic carbocycles. The van der Waals surface area contributed by atoms with Crippen LogP contribution < -0.4 is 18.9 Å². The molecule has 0 heterocycles. The Bertz CT molecular complexity index is 1380. The molecule has 1 N–H and O–H groups in total. The molecule has 1 unspecified atom stereocenters. The van der Waals surface area contributed by atoms with Gasteiger partial charge in [-0.2, -0.15) is 6.92 Å². The molecule has 229 valence electrons. The molecule has 6 heteroatoms. The molecule has 4 aromatic rings. The number of hydrogen-bond acceptors (Lipinski definition) is 5. The van der Waals surface area contributed by atoms with Gasteiger partial charge in [-0.3, -0.25) is 6.42 Å². The van der Waals surface area contributed by atoms with Crippen molar-refractivity contribution in [2.24, 2.45) is 0 Å². The number of aliphatic hydroxyl groups excluding tert-OH is 1. The van der Waals surface area contributed by atoms with Crippen LogP contribution >= 0.6 is 0 Å². The molecule has 0 bridgehead atoms. The molecule has 0 spiro atoms. The molecule has 0 saturated carbocycles. The van der Waals surface area contributed by atoms with E-state index < -0.39 is 6.10 Å². The quantitative estimate of drug-likeness (QED) is 0.133. The standard InChI is InChI=1S/C37H43O5.Os/c1-7-24-40-33-18-10-28(11-19-33)37(4,5)30-14-22-35(23-15-30)42-26-31(38)25-41-34-20-12-29(13-21-34)36(2,3)27-8-16-32(39-6)17-9-27;/h7-23,31,38H,24-26H2,1-6H3;/q-1;+1. The molecule has 0 aliphatic heterocycles. The van der Waals surface area contributed by atoms with Gasteiger partial charge in [0.1, 0.15) is 42.3 Å². The van der Waals surface area contributed by atoms with E-state index in [-0.39, 0.29) is 43.8 Å². The maximum Gasteiger partial charge on any atom is 1.00 e. The zero-order valence-electron chi connectivity index (χ0n) is 25.9. The van der Waals surface area contributed by atoms with Crippen LogP contribution in [0, 0.1) is 6.42 Å². The topological polar surface area (TPSA) is 57.2 Å². The predicted octanol–water partition coefficient (Wildman–Crippen LogP) is 7.77. The Morgan fingerprint density at radius 2 is 0.860 bits per heavy atom. The smallest absolute Gasteiger partial charge is 0.525 e. The van der Waals surface area contributed by atoms with Crippen molar-refractivity contribution in [1.82, 2.24) is 0 Å². The maximum atomic E-state index is 10.5. The second-order valence-corrected chi connectivity index (χ2v) is 11.5. The fourth-order valence-electron chi connectivity index (χ4n) is 4.86. The number of hydrogen-bond donors (Lipinski definition) is 1. The summed E-state index contributed by atoms with van der Waals surface area (Å²) in [6.07, 6.45) is 1.22. The molecule has 0 amide bonds. The number of aliphatic hydroxyl groups is 1. The summed E-state index contributed by atoms with van der Waals surface area (Å²) in [7, 11) is 1.67. The Morgan fingerprint density at radius 1 is 0.558 bits per heavy atom. The number of methoxy groups -OCH3 is 1. The fraction of sp³-hybridized carbons (Fsp3) is 0.324. The summed E-state index contributed by atoms with van der Waals surface area (Å²) >= 11 is 0. The van der Waals surface area contributed by atoms with Gasteiger partial charge in [-0.25, -0.2) is 0 Å². The van der Waals surface area contributed by atoms with Gasteiger partial charge in [0.25, 0.3) is 0 Å². The van der Waals surface area contributed by atoms with Crippen molar-refractivity contribution in [2.45, 2.75) is 51.6 Å². The zero-order valence-corrected chi connectivity index (χ0v) is 28.5. The number of ether oxygens (including phenoxy) is 4. The number of benzene rings is 4. The van der Waals surface area contributed by atoms with Crippen LogP contribution in [0.4, 0.5) is 0 Å². The molecule has 43 heavy (non-hydrogen) atoms. The average molecular weight is 758 g/mol. The van der Waals surface area contributed by atoms with E-state index in [0.717, 1.165) is 11.5 Å². The zero-order chi connectivity index (χ0) is 30.2. The molecular weight excluding hydrogens is 715 g/mol. The average Bonchev–Trinajstić information content (AvgIpc) is 3.02. The van der Waals surface area contributed by atoms with Gasteiger partial charge in [0.2, 0.25) is 0 Å². The minimum absolute atomic E-state index is 0. The fourth-order valence-corrected chi connectivity index (χ4v) is 4.86. The summed E-state index contributed by atoms with van der Waals surface area (Å²) in [5.74, 6) is 3.12. The first kappa shape index (κ1) is 34.2. The molecular formula is C37H43O5Os. The van der Waals surface area contributed by atoms with Crippen molar-refractivity contribution in [3.63, 3.8) is 0 Å². The second kappa shape index (κ2) is 15.4. The predicted molar refractivity (Wildman–Crippen MR) is 169 cm³/mol. The van der Waals surface area contributed by atoms with E-state index in [0.29, 0.717) is 18.1 Å². The molecule has 0 aliphatic carbocycles. The van der Waals surface area contributed by atoms with Crippen molar-refractivity contribution in [3.8, 4) is 23.0 Å². The van der Waals surface area contributed by atoms with Gasteiger partial charge in [0, 0.05) is 10.8 Å². The van der Waals surface area contributed by atoms with E-state index in [4.69, 9.17) is 18.9 Å². The van der Waals surface area contributed by atoms with E-state index in [9.17, 15) is 5.11 Å². The third-order valence-corrected chi connectivity index (χ3v) is 7.84. The Morgan fingerprint density at radius 3 is 1.16 bits per heavy atom. The van der Waals surface area contributed by atoms with Gasteiger partial charge >= 0.3 is 19.8 Å². The van der Waals surface area contributed by atoms with Gasteiger partial charge in [-0.05, 0) is 77.4 Å². The molecule has 0 saturated heterocycles. The molecule has 5 nitrogen and oxygen atoms in total. The summed E-state index contributed by atoms with van der Waals surface area (Å²) in [4.78, 5) is 0. The maximum absolute atomic E-state index is 10.5. The van der Waals surface area contributed by atoms with Crippen molar-refractivity contribution in [1.29, 1.82) is 0 Å². The summed E-state index contributed by atoms with van der Waals surface area (Å²) in [6, 6.07) is 32.5. The van der Waals surface area contributed by atoms with Crippen molar-refractivity contribution < 1.29 is 43.8 Å². The van der Waals surface area contributed by atoms with Gasteiger partial charge in [-0.1, -0.05) is 76.2 Å². The molecule has 0 aliphatic rings. The molecule has 4 rings (SSSR count). The van der Waals surface area contributed by atoms with Gasteiger partial charge in [0.05, 0.1) is 7.11 Å². The summed E-state index contributed by atoms with van der Waals surface area (Å²) in [5.41, 5.74) is 4.40. The summed E-state index contributed by atoms with van der Waals surface area (Å²) < 4.78 is 22.7. The minimum atomic E-state index is -0.762. The van der Waals surface area contributed by atoms with Gasteiger partial charge in [-0.15, -0.1) is 0 Å². The van der Waals surface area contributed by atoms with Crippen LogP contribution in [0.1, 0.15) is 56.9 Å². The molecule has 0 aromatic heterocycles. The first-order valence-electron chi connectivity index (χ1n) is 14.4. The van der Waals surface area contributed by atoms with E-state index in [1.54, 1.807) is 7.11 Å². The van der Waals surface area contributed by atoms with Crippen LogP contribution in [0.3, 0.4) is 0 Å². The molecule has 1 atom stereocenters. The van der Waals surface area contributed by atoms with Crippen molar-refractivity contribution >= 4 is 0 Å². The Labute approximate surface area is 270 Å². The van der Waals surface area contributed by atoms with Crippen LogP contribution in [0.15, 0.2) is 97.1 Å². The van der Waals surface area contributed by atoms with E-state index in [2.05, 4.69) is 76.2 Å². The Hall–Kier alpha value is -3.32. The van der Waals surface area contributed by atoms with Crippen LogP contribution in [0.5, 0.6) is 23.0 Å².